The fourth-order valence-electron chi connectivity index (χ4n) is 3.04. The maximum absolute atomic E-state index is 13.3. The summed E-state index contributed by atoms with van der Waals surface area (Å²) in [6.45, 7) is -0.0754. The van der Waals surface area contributed by atoms with Crippen LogP contribution in [0, 0.1) is 0 Å². The Balaban J connectivity index is 1.82. The molecular formula is C23H23BrN2O3S2. The van der Waals surface area contributed by atoms with Crippen LogP contribution in [-0.4, -0.2) is 38.0 Å². The van der Waals surface area contributed by atoms with Crippen LogP contribution in [0.5, 0.6) is 0 Å². The van der Waals surface area contributed by atoms with Gasteiger partial charge >= 0.3 is 0 Å². The van der Waals surface area contributed by atoms with E-state index in [0.29, 0.717) is 12.1 Å². The summed E-state index contributed by atoms with van der Waals surface area (Å²) in [6, 6.07) is 23.5. The minimum absolute atomic E-state index is 0.154. The van der Waals surface area contributed by atoms with E-state index in [1.165, 1.54) is 28.2 Å². The highest BCUT2D eigenvalue weighted by molar-refractivity contribution is 9.10. The molecule has 0 saturated carbocycles. The minimum Gasteiger partial charge on any atom is -0.324 e. The summed E-state index contributed by atoms with van der Waals surface area (Å²) < 4.78 is 28.6. The molecular weight excluding hydrogens is 496 g/mol. The van der Waals surface area contributed by atoms with Gasteiger partial charge in [0, 0.05) is 15.9 Å². The third kappa shape index (κ3) is 6.43. The average molecular weight is 519 g/mol. The molecule has 3 aromatic rings. The average Bonchev–Trinajstić information content (AvgIpc) is 2.78. The molecule has 0 atom stereocenters. The third-order valence-electron chi connectivity index (χ3n) is 4.65. The first-order valence-corrected chi connectivity index (χ1v) is 13.1. The molecule has 0 aliphatic rings. The molecule has 0 radical (unpaired) electrons. The summed E-state index contributed by atoms with van der Waals surface area (Å²) in [5.74, 6) is -0.379. The second kappa shape index (κ2) is 10.9. The van der Waals surface area contributed by atoms with Crippen molar-refractivity contribution in [1.29, 1.82) is 0 Å². The Bertz CT molecular complexity index is 1120. The zero-order valence-electron chi connectivity index (χ0n) is 17.0. The van der Waals surface area contributed by atoms with Gasteiger partial charge in [-0.05, 0) is 54.6 Å². The highest BCUT2D eigenvalue weighted by Gasteiger charge is 2.26. The first kappa shape index (κ1) is 23.5. The van der Waals surface area contributed by atoms with Gasteiger partial charge in [-0.2, -0.15) is 4.31 Å². The van der Waals surface area contributed by atoms with E-state index in [4.69, 9.17) is 0 Å². The lowest BCUT2D eigenvalue weighted by Gasteiger charge is -2.22. The number of rotatable bonds is 9. The van der Waals surface area contributed by atoms with Crippen LogP contribution >= 0.6 is 27.7 Å². The number of para-hydroxylation sites is 1. The first-order chi connectivity index (χ1) is 14.9. The van der Waals surface area contributed by atoms with Crippen molar-refractivity contribution < 1.29 is 13.2 Å². The fourth-order valence-corrected chi connectivity index (χ4v) is 5.25. The predicted molar refractivity (Wildman–Crippen MR) is 130 cm³/mol. The van der Waals surface area contributed by atoms with Crippen LogP contribution in [0.25, 0.3) is 0 Å². The third-order valence-corrected chi connectivity index (χ3v) is 7.83. The summed E-state index contributed by atoms with van der Waals surface area (Å²) >= 11 is 4.84. The molecule has 0 bridgehead atoms. The van der Waals surface area contributed by atoms with Crippen molar-refractivity contribution in [3.05, 3.63) is 88.9 Å². The smallest absolute Gasteiger partial charge is 0.243 e. The van der Waals surface area contributed by atoms with E-state index in [-0.39, 0.29) is 23.9 Å². The molecule has 0 fully saturated rings. The molecule has 5 nitrogen and oxygen atoms in total. The van der Waals surface area contributed by atoms with E-state index in [2.05, 4.69) is 21.2 Å². The first-order valence-electron chi connectivity index (χ1n) is 9.62. The summed E-state index contributed by atoms with van der Waals surface area (Å²) in [5.41, 5.74) is 1.68. The minimum atomic E-state index is -3.84. The lowest BCUT2D eigenvalue weighted by Crippen LogP contribution is -2.39. The van der Waals surface area contributed by atoms with Gasteiger partial charge in [-0.1, -0.05) is 58.4 Å². The summed E-state index contributed by atoms with van der Waals surface area (Å²) in [5, 5.41) is 2.85. The lowest BCUT2D eigenvalue weighted by atomic mass is 10.1. The molecule has 0 heterocycles. The number of benzene rings is 3. The lowest BCUT2D eigenvalue weighted by molar-refractivity contribution is -0.116. The molecule has 3 rings (SSSR count). The second-order valence-electron chi connectivity index (χ2n) is 6.78. The van der Waals surface area contributed by atoms with E-state index in [1.54, 1.807) is 18.2 Å². The predicted octanol–water partition coefficient (Wildman–Crippen LogP) is 5.04. The van der Waals surface area contributed by atoms with Crippen molar-refractivity contribution >= 4 is 49.3 Å². The van der Waals surface area contributed by atoms with Gasteiger partial charge < -0.3 is 5.32 Å². The summed E-state index contributed by atoms with van der Waals surface area (Å²) in [7, 11) is -3.84. The van der Waals surface area contributed by atoms with Crippen molar-refractivity contribution in [2.24, 2.45) is 0 Å². The van der Waals surface area contributed by atoms with Crippen LogP contribution in [0.15, 0.2) is 93.1 Å². The number of carbonyl (C=O) groups is 1. The van der Waals surface area contributed by atoms with Crippen molar-refractivity contribution in [2.75, 3.05) is 24.7 Å². The molecule has 162 valence electrons. The van der Waals surface area contributed by atoms with Gasteiger partial charge in [0.2, 0.25) is 15.9 Å². The van der Waals surface area contributed by atoms with Crippen LogP contribution in [0.3, 0.4) is 0 Å². The Labute approximate surface area is 196 Å². The normalized spacial score (nSPS) is 11.5. The standard InChI is InChI=1S/C23H23BrN2O3S2/c1-30-22-10-6-5-9-21(22)25-23(27)17-26(16-15-18-7-3-2-4-8-18)31(28,29)20-13-11-19(24)12-14-20/h2-14H,15-17H2,1H3,(H,25,27). The summed E-state index contributed by atoms with van der Waals surface area (Å²) in [4.78, 5) is 13.9. The zero-order chi connectivity index (χ0) is 22.3. The molecule has 0 aromatic heterocycles. The van der Waals surface area contributed by atoms with Crippen molar-refractivity contribution in [3.63, 3.8) is 0 Å². The van der Waals surface area contributed by atoms with Gasteiger partial charge in [0.25, 0.3) is 0 Å². The molecule has 0 unspecified atom stereocenters. The van der Waals surface area contributed by atoms with Gasteiger partial charge in [-0.15, -0.1) is 11.8 Å². The van der Waals surface area contributed by atoms with Crippen LogP contribution in [0.4, 0.5) is 5.69 Å². The van der Waals surface area contributed by atoms with Crippen LogP contribution in [0.1, 0.15) is 5.56 Å². The molecule has 0 aliphatic carbocycles. The molecule has 0 aliphatic heterocycles. The van der Waals surface area contributed by atoms with E-state index in [9.17, 15) is 13.2 Å². The van der Waals surface area contributed by atoms with Gasteiger partial charge in [0.1, 0.15) is 0 Å². The highest BCUT2D eigenvalue weighted by Crippen LogP contribution is 2.25. The highest BCUT2D eigenvalue weighted by atomic mass is 79.9. The Kier molecular flexibility index (Phi) is 8.31. The van der Waals surface area contributed by atoms with E-state index >= 15 is 0 Å². The molecule has 1 N–H and O–H groups in total. The monoisotopic (exact) mass is 518 g/mol. The molecule has 0 spiro atoms. The Morgan fingerprint density at radius 3 is 2.29 bits per heavy atom. The fraction of sp³-hybridized carbons (Fsp3) is 0.174. The quantitative estimate of drug-likeness (QED) is 0.402. The Morgan fingerprint density at radius 1 is 0.968 bits per heavy atom. The number of anilines is 1. The van der Waals surface area contributed by atoms with E-state index in [1.807, 2.05) is 54.8 Å². The SMILES string of the molecule is CSc1ccccc1NC(=O)CN(CCc1ccccc1)S(=O)(=O)c1ccc(Br)cc1. The molecule has 31 heavy (non-hydrogen) atoms. The van der Waals surface area contributed by atoms with Crippen molar-refractivity contribution in [1.82, 2.24) is 4.31 Å². The number of nitrogens with zero attached hydrogens (tertiary/aromatic N) is 1. The molecule has 3 aromatic carbocycles. The number of thioether (sulfide) groups is 1. The van der Waals surface area contributed by atoms with Gasteiger partial charge in [-0.3, -0.25) is 4.79 Å². The van der Waals surface area contributed by atoms with Crippen molar-refractivity contribution in [3.8, 4) is 0 Å². The number of hydrogen-bond acceptors (Lipinski definition) is 4. The molecule has 8 heteroatoms. The van der Waals surface area contributed by atoms with Gasteiger partial charge in [0.05, 0.1) is 17.1 Å². The second-order valence-corrected chi connectivity index (χ2v) is 10.5. The van der Waals surface area contributed by atoms with Crippen molar-refractivity contribution in [2.45, 2.75) is 16.2 Å². The number of carbonyl (C=O) groups excluding carboxylic acids is 1. The van der Waals surface area contributed by atoms with Gasteiger partial charge in [-0.25, -0.2) is 8.42 Å². The molecule has 0 saturated heterocycles. The molecule has 1 amide bonds. The van der Waals surface area contributed by atoms with Crippen LogP contribution < -0.4 is 5.32 Å². The number of sulfonamides is 1. The number of hydrogen-bond donors (Lipinski definition) is 1. The van der Waals surface area contributed by atoms with Gasteiger partial charge in [0.15, 0.2) is 0 Å². The Hall–Kier alpha value is -2.13. The largest absolute Gasteiger partial charge is 0.324 e. The summed E-state index contributed by atoms with van der Waals surface area (Å²) in [6.07, 6.45) is 2.43. The van der Waals surface area contributed by atoms with Crippen LogP contribution in [-0.2, 0) is 21.2 Å². The number of nitrogens with one attached hydrogen (secondary N) is 1. The topological polar surface area (TPSA) is 66.5 Å². The number of halogens is 1. The zero-order valence-corrected chi connectivity index (χ0v) is 20.2. The number of amides is 1. The maximum Gasteiger partial charge on any atom is 0.243 e. The van der Waals surface area contributed by atoms with E-state index < -0.39 is 10.0 Å². The van der Waals surface area contributed by atoms with Crippen LogP contribution in [0.2, 0.25) is 0 Å². The maximum atomic E-state index is 13.3. The Morgan fingerprint density at radius 2 is 1.61 bits per heavy atom. The van der Waals surface area contributed by atoms with E-state index in [0.717, 1.165) is 14.9 Å².